The van der Waals surface area contributed by atoms with E-state index >= 15 is 0 Å². The summed E-state index contributed by atoms with van der Waals surface area (Å²) in [6.07, 6.45) is 0. The van der Waals surface area contributed by atoms with Gasteiger partial charge in [0.05, 0.1) is 5.57 Å². The highest BCUT2D eigenvalue weighted by Gasteiger charge is 2.36. The second-order valence-corrected chi connectivity index (χ2v) is 5.91. The van der Waals surface area contributed by atoms with Gasteiger partial charge in [-0.2, -0.15) is 0 Å². The fourth-order valence-electron chi connectivity index (χ4n) is 3.26. The number of carbonyl (C=O) groups excluding carboxylic acids is 1. The van der Waals surface area contributed by atoms with Crippen molar-refractivity contribution in [3.05, 3.63) is 72.1 Å². The molecule has 0 spiro atoms. The molecular formula is C19H20BN2O2-. The van der Waals surface area contributed by atoms with Gasteiger partial charge in [0.1, 0.15) is 0 Å². The average Bonchev–Trinajstić information content (AvgIpc) is 2.62. The van der Waals surface area contributed by atoms with Crippen molar-refractivity contribution in [1.29, 1.82) is 0 Å². The highest BCUT2D eigenvalue weighted by atomic mass is 16.5. The van der Waals surface area contributed by atoms with E-state index in [0.717, 1.165) is 10.9 Å². The molecule has 122 valence electrons. The molecule has 0 fully saturated rings. The first-order chi connectivity index (χ1) is 11.6. The molecule has 0 radical (unpaired) electrons. The smallest absolute Gasteiger partial charge is 0.336 e. The molecule has 0 unspecified atom stereocenters. The van der Waals surface area contributed by atoms with Gasteiger partial charge in [-0.1, -0.05) is 60.7 Å². The summed E-state index contributed by atoms with van der Waals surface area (Å²) >= 11 is 0. The molecule has 2 aromatic carbocycles. The number of hydrogen-bond acceptors (Lipinski definition) is 4. The number of hydrogen-bond donors (Lipinski definition) is 1. The lowest BCUT2D eigenvalue weighted by Gasteiger charge is -2.45. The molecule has 3 rings (SSSR count). The van der Waals surface area contributed by atoms with Gasteiger partial charge in [0, 0.05) is 12.8 Å². The normalized spacial score (nSPS) is 16.2. The lowest BCUT2D eigenvalue weighted by Crippen LogP contribution is -2.62. The topological polar surface area (TPSA) is 50.7 Å². The van der Waals surface area contributed by atoms with Crippen molar-refractivity contribution in [2.24, 2.45) is 4.90 Å². The molecule has 1 heterocycles. The van der Waals surface area contributed by atoms with Crippen molar-refractivity contribution < 1.29 is 9.45 Å². The summed E-state index contributed by atoms with van der Waals surface area (Å²) in [7, 11) is 1.76. The first kappa shape index (κ1) is 16.1. The number of Topliss-reactive ketones (excluding diaryl/α,β-unsaturated/α-hetero) is 1. The lowest BCUT2D eigenvalue weighted by atomic mass is 9.42. The van der Waals surface area contributed by atoms with E-state index in [1.807, 2.05) is 67.6 Å². The third kappa shape index (κ3) is 2.62. The van der Waals surface area contributed by atoms with Gasteiger partial charge in [0.2, 0.25) is 0 Å². The monoisotopic (exact) mass is 319 g/mol. The van der Waals surface area contributed by atoms with Crippen LogP contribution in [0.5, 0.6) is 0 Å². The van der Waals surface area contributed by atoms with Crippen LogP contribution < -0.4 is 16.2 Å². The Morgan fingerprint density at radius 3 is 1.92 bits per heavy atom. The second-order valence-electron chi connectivity index (χ2n) is 5.91. The van der Waals surface area contributed by atoms with Crippen LogP contribution in [0.1, 0.15) is 13.8 Å². The van der Waals surface area contributed by atoms with Crippen molar-refractivity contribution >= 4 is 28.9 Å². The summed E-state index contributed by atoms with van der Waals surface area (Å²) in [5, 5.41) is 3.03. The number of nitrogens with zero attached hydrogens (tertiary/aromatic N) is 1. The first-order valence-corrected chi connectivity index (χ1v) is 8.02. The van der Waals surface area contributed by atoms with Crippen molar-refractivity contribution in [3.63, 3.8) is 0 Å². The molecule has 24 heavy (non-hydrogen) atoms. The summed E-state index contributed by atoms with van der Waals surface area (Å²) in [6, 6.07) is 19.9. The lowest BCUT2D eigenvalue weighted by molar-refractivity contribution is -0.113. The van der Waals surface area contributed by atoms with E-state index in [-0.39, 0.29) is 5.78 Å². The van der Waals surface area contributed by atoms with Crippen LogP contribution in [-0.2, 0) is 9.45 Å². The van der Waals surface area contributed by atoms with Crippen LogP contribution in [0.4, 0.5) is 0 Å². The van der Waals surface area contributed by atoms with E-state index in [2.05, 4.69) is 5.32 Å². The van der Waals surface area contributed by atoms with E-state index in [4.69, 9.17) is 9.56 Å². The van der Waals surface area contributed by atoms with Crippen LogP contribution in [0.3, 0.4) is 0 Å². The Balaban J connectivity index is 2.25. The van der Waals surface area contributed by atoms with E-state index in [1.165, 1.54) is 6.92 Å². The van der Waals surface area contributed by atoms with Gasteiger partial charge in [0.15, 0.2) is 11.7 Å². The van der Waals surface area contributed by atoms with Gasteiger partial charge in [0.25, 0.3) is 0 Å². The maximum Gasteiger partial charge on any atom is 0.336 e. The number of carbonyl (C=O) groups is 1. The highest BCUT2D eigenvalue weighted by molar-refractivity contribution is 6.97. The number of allylic oxidation sites excluding steroid dienone is 1. The Morgan fingerprint density at radius 1 is 1.00 bits per heavy atom. The van der Waals surface area contributed by atoms with Crippen molar-refractivity contribution in [1.82, 2.24) is 5.32 Å². The molecule has 0 atom stereocenters. The molecule has 5 heteroatoms. The standard InChI is InChI=1S/C19H20BN2O2/c1-14-18(15(2)23)19(21-3)24-20(22-14,16-10-6-4-7-11-16)17-12-8-5-9-13-17/h4-13,21H,1-3H3/q-1. The molecule has 0 amide bonds. The molecule has 0 bridgehead atoms. The second kappa shape index (κ2) is 6.36. The van der Waals surface area contributed by atoms with Gasteiger partial charge in [-0.15, -0.1) is 10.9 Å². The summed E-state index contributed by atoms with van der Waals surface area (Å²) in [4.78, 5) is 16.9. The highest BCUT2D eigenvalue weighted by Crippen LogP contribution is 2.23. The molecule has 2 aromatic rings. The Bertz CT molecular complexity index is 774. The number of benzene rings is 2. The largest absolute Gasteiger partial charge is 0.676 e. The Kier molecular flexibility index (Phi) is 4.25. The molecular weight excluding hydrogens is 299 g/mol. The molecule has 1 aliphatic heterocycles. The SMILES string of the molecule is CNC1=C(C(C)=O)C(C)=N[B-](c2ccccc2)(c2ccccc2)O1. The predicted molar refractivity (Wildman–Crippen MR) is 98.9 cm³/mol. The summed E-state index contributed by atoms with van der Waals surface area (Å²) in [5.74, 6) is 0.411. The average molecular weight is 319 g/mol. The van der Waals surface area contributed by atoms with Crippen LogP contribution in [-0.4, -0.2) is 25.0 Å². The van der Waals surface area contributed by atoms with Crippen LogP contribution in [0.25, 0.3) is 0 Å². The van der Waals surface area contributed by atoms with Crippen LogP contribution in [0, 0.1) is 0 Å². The van der Waals surface area contributed by atoms with Crippen LogP contribution >= 0.6 is 0 Å². The third-order valence-electron chi connectivity index (χ3n) is 4.33. The minimum absolute atomic E-state index is 0.0638. The van der Waals surface area contributed by atoms with Crippen LogP contribution in [0.15, 0.2) is 77.0 Å². The number of ketones is 1. The van der Waals surface area contributed by atoms with Gasteiger partial charge in [-0.25, -0.2) is 0 Å². The molecule has 0 aliphatic carbocycles. The maximum atomic E-state index is 12.0. The summed E-state index contributed by atoms with van der Waals surface area (Å²) in [5.41, 5.74) is 3.13. The molecule has 4 nitrogen and oxygen atoms in total. The zero-order valence-corrected chi connectivity index (χ0v) is 14.1. The van der Waals surface area contributed by atoms with Gasteiger partial charge >= 0.3 is 6.48 Å². The molecule has 0 saturated carbocycles. The molecule has 0 saturated heterocycles. The Hall–Kier alpha value is -2.82. The maximum absolute atomic E-state index is 12.0. The number of rotatable bonds is 4. The van der Waals surface area contributed by atoms with E-state index in [0.29, 0.717) is 17.2 Å². The molecule has 1 aliphatic rings. The van der Waals surface area contributed by atoms with E-state index in [9.17, 15) is 4.79 Å². The van der Waals surface area contributed by atoms with Crippen molar-refractivity contribution in [3.8, 4) is 0 Å². The Morgan fingerprint density at radius 2 is 1.50 bits per heavy atom. The first-order valence-electron chi connectivity index (χ1n) is 8.02. The molecule has 0 aromatic heterocycles. The Labute approximate surface area is 142 Å². The quantitative estimate of drug-likeness (QED) is 0.874. The zero-order valence-electron chi connectivity index (χ0n) is 14.1. The fraction of sp³-hybridized carbons (Fsp3) is 0.158. The van der Waals surface area contributed by atoms with Gasteiger partial charge in [-0.3, -0.25) is 4.79 Å². The third-order valence-corrected chi connectivity index (χ3v) is 4.33. The minimum Gasteiger partial charge on any atom is -0.676 e. The van der Waals surface area contributed by atoms with Gasteiger partial charge in [-0.05, 0) is 13.8 Å². The number of nitrogens with one attached hydrogen (secondary N) is 1. The minimum atomic E-state index is -1.84. The van der Waals surface area contributed by atoms with E-state index in [1.54, 1.807) is 7.05 Å². The summed E-state index contributed by atoms with van der Waals surface area (Å²) < 4.78 is 6.36. The molecule has 1 N–H and O–H groups in total. The summed E-state index contributed by atoms with van der Waals surface area (Å²) in [6.45, 7) is 1.55. The fourth-order valence-corrected chi connectivity index (χ4v) is 3.26. The predicted octanol–water partition coefficient (Wildman–Crippen LogP) is 1.75. The van der Waals surface area contributed by atoms with E-state index < -0.39 is 6.48 Å². The van der Waals surface area contributed by atoms with Crippen molar-refractivity contribution in [2.45, 2.75) is 13.8 Å². The van der Waals surface area contributed by atoms with Crippen molar-refractivity contribution in [2.75, 3.05) is 7.05 Å². The van der Waals surface area contributed by atoms with Gasteiger partial charge < -0.3 is 14.9 Å². The zero-order chi connectivity index (χ0) is 17.2. The van der Waals surface area contributed by atoms with Crippen LogP contribution in [0.2, 0.25) is 0 Å².